The van der Waals surface area contributed by atoms with Crippen LogP contribution < -0.4 is 21.7 Å². The summed E-state index contributed by atoms with van der Waals surface area (Å²) in [6.07, 6.45) is 0. The fraction of sp³-hybridized carbons (Fsp3) is 0. The van der Waals surface area contributed by atoms with Crippen molar-refractivity contribution in [3.05, 3.63) is 59.7 Å². The minimum absolute atomic E-state index is 0. The predicted molar refractivity (Wildman–Crippen MR) is 76.1 cm³/mol. The minimum atomic E-state index is -1.18. The maximum absolute atomic E-state index is 10.2. The van der Waals surface area contributed by atoms with Crippen molar-refractivity contribution in [2.24, 2.45) is 0 Å². The summed E-state index contributed by atoms with van der Waals surface area (Å²) in [4.78, 5) is 20.3. The molecular formula is C14H12CaN2O4-2. The van der Waals surface area contributed by atoms with Gasteiger partial charge in [0.25, 0.3) is 0 Å². The molecule has 106 valence electrons. The largest absolute Gasteiger partial charge is 0.545 e. The number of carboxylic acids is 2. The summed E-state index contributed by atoms with van der Waals surface area (Å²) in [5, 5.41) is 20.3. The van der Waals surface area contributed by atoms with Gasteiger partial charge in [0.05, 0.1) is 11.9 Å². The summed E-state index contributed by atoms with van der Waals surface area (Å²) < 4.78 is 0. The van der Waals surface area contributed by atoms with E-state index in [2.05, 4.69) is 0 Å². The average Bonchev–Trinajstić information content (AvgIpc) is 2.40. The number of hydrogen-bond acceptors (Lipinski definition) is 6. The molecule has 0 unspecified atom stereocenters. The van der Waals surface area contributed by atoms with Crippen molar-refractivity contribution < 1.29 is 19.8 Å². The molecule has 0 aliphatic carbocycles. The average molecular weight is 312 g/mol. The van der Waals surface area contributed by atoms with Gasteiger partial charge in [0, 0.05) is 49.1 Å². The van der Waals surface area contributed by atoms with E-state index >= 15 is 0 Å². The molecule has 7 heteroatoms. The molecule has 0 aliphatic heterocycles. The second-order valence-corrected chi connectivity index (χ2v) is 3.82. The third kappa shape index (κ3) is 6.99. The molecule has 0 spiro atoms. The Morgan fingerprint density at radius 3 is 1.10 bits per heavy atom. The molecule has 21 heavy (non-hydrogen) atoms. The van der Waals surface area contributed by atoms with Crippen molar-refractivity contribution in [3.8, 4) is 0 Å². The first kappa shape index (κ1) is 19.2. The number of nitrogens with two attached hydrogens (primary N) is 2. The monoisotopic (exact) mass is 312 g/mol. The Bertz CT molecular complexity index is 542. The first-order chi connectivity index (χ1) is 9.40. The zero-order valence-electron chi connectivity index (χ0n) is 11.1. The molecule has 2 rings (SSSR count). The number of anilines is 2. The van der Waals surface area contributed by atoms with Crippen molar-refractivity contribution in [2.75, 3.05) is 11.5 Å². The van der Waals surface area contributed by atoms with Gasteiger partial charge in [-0.1, -0.05) is 24.3 Å². The first-order valence-corrected chi connectivity index (χ1v) is 5.54. The summed E-state index contributed by atoms with van der Waals surface area (Å²) in [5.74, 6) is -2.36. The Morgan fingerprint density at radius 1 is 0.667 bits per heavy atom. The van der Waals surface area contributed by atoms with Crippen molar-refractivity contribution in [1.82, 2.24) is 0 Å². The van der Waals surface area contributed by atoms with E-state index in [9.17, 15) is 19.8 Å². The second kappa shape index (κ2) is 9.23. The van der Waals surface area contributed by atoms with Gasteiger partial charge in [-0.3, -0.25) is 0 Å². The Kier molecular flexibility index (Phi) is 8.45. The molecule has 0 saturated carbocycles. The standard InChI is InChI=1S/2C7H7NO2.Ca/c2*8-6-3-1-5(2-4-6)7(9)10;/h2*1-4H,8H2,(H,9,10);/p-2. The van der Waals surface area contributed by atoms with E-state index in [1.807, 2.05) is 0 Å². The van der Waals surface area contributed by atoms with Gasteiger partial charge in [-0.15, -0.1) is 0 Å². The van der Waals surface area contributed by atoms with Crippen molar-refractivity contribution >= 4 is 61.1 Å². The van der Waals surface area contributed by atoms with Crippen molar-refractivity contribution in [2.45, 2.75) is 0 Å². The number of carbonyl (C=O) groups is 2. The fourth-order valence-corrected chi connectivity index (χ4v) is 1.24. The molecule has 0 aromatic heterocycles. The van der Waals surface area contributed by atoms with Gasteiger partial charge in [-0.25, -0.2) is 0 Å². The van der Waals surface area contributed by atoms with E-state index in [-0.39, 0.29) is 48.9 Å². The Balaban J connectivity index is 0.000000364. The topological polar surface area (TPSA) is 132 Å². The van der Waals surface area contributed by atoms with Crippen LogP contribution in [0.25, 0.3) is 0 Å². The maximum atomic E-state index is 10.2. The first-order valence-electron chi connectivity index (χ1n) is 5.54. The van der Waals surface area contributed by atoms with Crippen LogP contribution in [-0.2, 0) is 0 Å². The molecule has 2 aromatic carbocycles. The van der Waals surface area contributed by atoms with Crippen molar-refractivity contribution in [3.63, 3.8) is 0 Å². The predicted octanol–water partition coefficient (Wildman–Crippen LogP) is -1.12. The molecule has 2 radical (unpaired) electrons. The van der Waals surface area contributed by atoms with Crippen LogP contribution in [0.1, 0.15) is 20.7 Å². The fourth-order valence-electron chi connectivity index (χ4n) is 1.24. The molecular weight excluding hydrogens is 300 g/mol. The summed E-state index contributed by atoms with van der Waals surface area (Å²) in [6, 6.07) is 11.7. The van der Waals surface area contributed by atoms with Gasteiger partial charge in [-0.2, -0.15) is 0 Å². The number of rotatable bonds is 2. The van der Waals surface area contributed by atoms with Gasteiger partial charge in [0.2, 0.25) is 0 Å². The quantitative estimate of drug-likeness (QED) is 0.533. The third-order valence-corrected chi connectivity index (χ3v) is 2.29. The minimum Gasteiger partial charge on any atom is -0.545 e. The summed E-state index contributed by atoms with van der Waals surface area (Å²) in [7, 11) is 0. The summed E-state index contributed by atoms with van der Waals surface area (Å²) in [5.41, 5.74) is 12.0. The van der Waals surface area contributed by atoms with Crippen LogP contribution in [0.15, 0.2) is 48.5 Å². The van der Waals surface area contributed by atoms with E-state index in [0.29, 0.717) is 11.4 Å². The van der Waals surface area contributed by atoms with Gasteiger partial charge in [0.1, 0.15) is 0 Å². The second-order valence-electron chi connectivity index (χ2n) is 3.82. The maximum Gasteiger partial charge on any atom is 0.0715 e. The van der Waals surface area contributed by atoms with E-state index in [4.69, 9.17) is 11.5 Å². The van der Waals surface area contributed by atoms with Crippen LogP contribution in [0.3, 0.4) is 0 Å². The Hall–Kier alpha value is -1.76. The SMILES string of the molecule is Nc1ccc(C(=O)[O-])cc1.Nc1ccc(C(=O)[O-])cc1.[Ca]. The van der Waals surface area contributed by atoms with E-state index in [1.54, 1.807) is 0 Å². The van der Waals surface area contributed by atoms with Gasteiger partial charge >= 0.3 is 0 Å². The molecule has 0 saturated heterocycles. The zero-order chi connectivity index (χ0) is 15.1. The molecule has 0 fully saturated rings. The molecule has 4 N–H and O–H groups in total. The number of nitrogen functional groups attached to an aromatic ring is 2. The number of carboxylic acid groups (broad SMARTS) is 2. The summed E-state index contributed by atoms with van der Waals surface area (Å²) >= 11 is 0. The van der Waals surface area contributed by atoms with E-state index in [0.717, 1.165) is 0 Å². The number of benzene rings is 2. The smallest absolute Gasteiger partial charge is 0.0715 e. The van der Waals surface area contributed by atoms with Gasteiger partial charge in [0.15, 0.2) is 0 Å². The molecule has 0 bridgehead atoms. The van der Waals surface area contributed by atoms with Crippen LogP contribution in [0, 0.1) is 0 Å². The van der Waals surface area contributed by atoms with Crippen LogP contribution in [0.4, 0.5) is 11.4 Å². The third-order valence-electron chi connectivity index (χ3n) is 2.29. The zero-order valence-corrected chi connectivity index (χ0v) is 13.3. The van der Waals surface area contributed by atoms with Crippen LogP contribution in [0.2, 0.25) is 0 Å². The Morgan fingerprint density at radius 2 is 0.905 bits per heavy atom. The van der Waals surface area contributed by atoms with Gasteiger partial charge in [-0.05, 0) is 35.4 Å². The van der Waals surface area contributed by atoms with Crippen LogP contribution >= 0.6 is 0 Å². The molecule has 0 atom stereocenters. The summed E-state index contributed by atoms with van der Waals surface area (Å²) in [6.45, 7) is 0. The van der Waals surface area contributed by atoms with Crippen LogP contribution in [-0.4, -0.2) is 49.7 Å². The molecule has 0 aliphatic rings. The van der Waals surface area contributed by atoms with E-state index in [1.165, 1.54) is 48.5 Å². The number of carbonyl (C=O) groups excluding carboxylic acids is 2. The van der Waals surface area contributed by atoms with E-state index < -0.39 is 11.9 Å². The normalized spacial score (nSPS) is 8.76. The molecule has 6 nitrogen and oxygen atoms in total. The van der Waals surface area contributed by atoms with Gasteiger partial charge < -0.3 is 31.3 Å². The van der Waals surface area contributed by atoms with Crippen LogP contribution in [0.5, 0.6) is 0 Å². The molecule has 2 aromatic rings. The number of aromatic carboxylic acids is 2. The Labute approximate surface area is 151 Å². The molecule has 0 heterocycles. The number of hydrogen-bond donors (Lipinski definition) is 2. The molecule has 0 amide bonds. The van der Waals surface area contributed by atoms with Crippen molar-refractivity contribution in [1.29, 1.82) is 0 Å².